The third kappa shape index (κ3) is 1.72. The molecule has 0 aliphatic rings. The van der Waals surface area contributed by atoms with Crippen LogP contribution in [0.4, 0.5) is 0 Å². The van der Waals surface area contributed by atoms with Crippen molar-refractivity contribution < 1.29 is 0 Å². The van der Waals surface area contributed by atoms with Crippen molar-refractivity contribution in [2.24, 2.45) is 0 Å². The van der Waals surface area contributed by atoms with E-state index in [0.29, 0.717) is 10.7 Å². The lowest BCUT2D eigenvalue weighted by Crippen LogP contribution is -1.88. The molecule has 2 aromatic rings. The fourth-order valence-corrected chi connectivity index (χ4v) is 1.42. The first-order valence-corrected chi connectivity index (χ1v) is 4.69. The predicted molar refractivity (Wildman–Crippen MR) is 56.3 cm³/mol. The summed E-state index contributed by atoms with van der Waals surface area (Å²) in [4.78, 5) is 7.62. The van der Waals surface area contributed by atoms with Crippen LogP contribution in [0.1, 0.15) is 0 Å². The predicted octanol–water partition coefficient (Wildman–Crippen LogP) is 3.25. The molecule has 2 rings (SSSR count). The van der Waals surface area contributed by atoms with Crippen molar-refractivity contribution in [3.05, 3.63) is 46.8 Å². The minimum absolute atomic E-state index is 0.223. The van der Waals surface area contributed by atoms with Crippen molar-refractivity contribution >= 4 is 23.2 Å². The molecule has 0 bridgehead atoms. The van der Waals surface area contributed by atoms with Gasteiger partial charge in [0, 0.05) is 5.56 Å². The minimum Gasteiger partial charge on any atom is -0.223 e. The van der Waals surface area contributed by atoms with Crippen molar-refractivity contribution in [1.82, 2.24) is 9.97 Å². The molecule has 1 heterocycles. The topological polar surface area (TPSA) is 25.8 Å². The zero-order valence-electron chi connectivity index (χ0n) is 7.04. The summed E-state index contributed by atoms with van der Waals surface area (Å²) in [7, 11) is 0. The second kappa shape index (κ2) is 3.95. The van der Waals surface area contributed by atoms with Crippen molar-refractivity contribution in [3.63, 3.8) is 0 Å². The minimum atomic E-state index is 0.223. The first-order chi connectivity index (χ1) is 6.79. The summed E-state index contributed by atoms with van der Waals surface area (Å²) in [6, 6.07) is 9.53. The van der Waals surface area contributed by atoms with Gasteiger partial charge in [0.15, 0.2) is 11.5 Å². The lowest BCUT2D eigenvalue weighted by Gasteiger charge is -2.02. The van der Waals surface area contributed by atoms with Crippen LogP contribution < -0.4 is 0 Å². The van der Waals surface area contributed by atoms with Gasteiger partial charge in [-0.1, -0.05) is 53.5 Å². The van der Waals surface area contributed by atoms with Gasteiger partial charge in [-0.3, -0.25) is 0 Å². The lowest BCUT2D eigenvalue weighted by atomic mass is 10.1. The average Bonchev–Trinajstić information content (AvgIpc) is 2.23. The van der Waals surface area contributed by atoms with E-state index in [-0.39, 0.29) is 5.15 Å². The summed E-state index contributed by atoms with van der Waals surface area (Å²) in [5.74, 6) is 0. The molecule has 1 aromatic carbocycles. The molecule has 1 aromatic heterocycles. The summed E-state index contributed by atoms with van der Waals surface area (Å²) < 4.78 is 0. The summed E-state index contributed by atoms with van der Waals surface area (Å²) in [6.45, 7) is 0. The molecule has 0 atom stereocenters. The Morgan fingerprint density at radius 3 is 2.43 bits per heavy atom. The van der Waals surface area contributed by atoms with Gasteiger partial charge in [-0.05, 0) is 0 Å². The molecule has 4 heteroatoms. The van der Waals surface area contributed by atoms with Crippen LogP contribution in [0.2, 0.25) is 10.2 Å². The molecule has 0 fully saturated rings. The molecule has 14 heavy (non-hydrogen) atoms. The van der Waals surface area contributed by atoms with E-state index in [0.717, 1.165) is 5.56 Å². The molecule has 1 radical (unpaired) electrons. The first-order valence-electron chi connectivity index (χ1n) is 3.93. The maximum atomic E-state index is 5.95. The SMILES string of the molecule is Clc1n[c]nc(-c2ccccc2)c1Cl. The van der Waals surface area contributed by atoms with Crippen LogP contribution in [0.3, 0.4) is 0 Å². The van der Waals surface area contributed by atoms with Crippen molar-refractivity contribution in [2.75, 3.05) is 0 Å². The van der Waals surface area contributed by atoms with Crippen LogP contribution in [0, 0.1) is 6.33 Å². The number of hydrogen-bond acceptors (Lipinski definition) is 2. The van der Waals surface area contributed by atoms with Gasteiger partial charge in [0.1, 0.15) is 5.02 Å². The Kier molecular flexibility index (Phi) is 2.66. The van der Waals surface area contributed by atoms with E-state index in [1.54, 1.807) is 0 Å². The van der Waals surface area contributed by atoms with E-state index in [4.69, 9.17) is 23.2 Å². The van der Waals surface area contributed by atoms with Crippen LogP contribution in [-0.4, -0.2) is 9.97 Å². The van der Waals surface area contributed by atoms with Gasteiger partial charge >= 0.3 is 0 Å². The van der Waals surface area contributed by atoms with Crippen molar-refractivity contribution in [3.8, 4) is 11.3 Å². The largest absolute Gasteiger partial charge is 0.223 e. The Morgan fingerprint density at radius 2 is 1.71 bits per heavy atom. The average molecular weight is 224 g/mol. The molecule has 0 aliphatic carbocycles. The Labute approximate surface area is 91.5 Å². The van der Waals surface area contributed by atoms with E-state index in [2.05, 4.69) is 16.3 Å². The van der Waals surface area contributed by atoms with Crippen LogP contribution in [0.15, 0.2) is 30.3 Å². The van der Waals surface area contributed by atoms with Crippen LogP contribution in [0.25, 0.3) is 11.3 Å². The first kappa shape index (κ1) is 9.44. The highest BCUT2D eigenvalue weighted by Crippen LogP contribution is 2.29. The lowest BCUT2D eigenvalue weighted by molar-refractivity contribution is 1.15. The highest BCUT2D eigenvalue weighted by atomic mass is 35.5. The Hall–Kier alpha value is -1.12. The van der Waals surface area contributed by atoms with Gasteiger partial charge in [0.05, 0.1) is 5.69 Å². The van der Waals surface area contributed by atoms with Gasteiger partial charge in [0.2, 0.25) is 0 Å². The fourth-order valence-electron chi connectivity index (χ4n) is 1.10. The van der Waals surface area contributed by atoms with Crippen LogP contribution >= 0.6 is 23.2 Å². The summed E-state index contributed by atoms with van der Waals surface area (Å²) in [5, 5.41) is 0.581. The van der Waals surface area contributed by atoms with Crippen molar-refractivity contribution in [2.45, 2.75) is 0 Å². The number of aromatic nitrogens is 2. The molecular weight excluding hydrogens is 219 g/mol. The Morgan fingerprint density at radius 1 is 1.00 bits per heavy atom. The molecule has 2 nitrogen and oxygen atoms in total. The molecular formula is C10H5Cl2N2. The van der Waals surface area contributed by atoms with Gasteiger partial charge in [0.25, 0.3) is 0 Å². The number of halogens is 2. The Bertz CT molecular complexity index is 443. The van der Waals surface area contributed by atoms with Crippen molar-refractivity contribution in [1.29, 1.82) is 0 Å². The molecule has 0 saturated heterocycles. The molecule has 0 aliphatic heterocycles. The number of hydrogen-bond donors (Lipinski definition) is 0. The Balaban J connectivity index is 2.58. The van der Waals surface area contributed by atoms with Gasteiger partial charge < -0.3 is 0 Å². The number of rotatable bonds is 1. The fraction of sp³-hybridized carbons (Fsp3) is 0. The zero-order valence-corrected chi connectivity index (χ0v) is 8.55. The number of benzene rings is 1. The quantitative estimate of drug-likeness (QED) is 0.694. The molecule has 0 N–H and O–H groups in total. The normalized spacial score (nSPS) is 10.1. The van der Waals surface area contributed by atoms with Gasteiger partial charge in [-0.25, -0.2) is 9.97 Å². The van der Waals surface area contributed by atoms with E-state index in [1.165, 1.54) is 0 Å². The highest BCUT2D eigenvalue weighted by molar-refractivity contribution is 6.42. The molecule has 0 amide bonds. The van der Waals surface area contributed by atoms with Crippen LogP contribution in [-0.2, 0) is 0 Å². The molecule has 69 valence electrons. The maximum absolute atomic E-state index is 5.95. The molecule has 0 unspecified atom stereocenters. The van der Waals surface area contributed by atoms with E-state index in [1.807, 2.05) is 30.3 Å². The second-order valence-electron chi connectivity index (χ2n) is 2.64. The maximum Gasteiger partial charge on any atom is 0.199 e. The summed E-state index contributed by atoms with van der Waals surface area (Å²) >= 11 is 11.7. The van der Waals surface area contributed by atoms with Crippen LogP contribution in [0.5, 0.6) is 0 Å². The van der Waals surface area contributed by atoms with E-state index in [9.17, 15) is 0 Å². The second-order valence-corrected chi connectivity index (χ2v) is 3.38. The smallest absolute Gasteiger partial charge is 0.199 e. The highest BCUT2D eigenvalue weighted by Gasteiger charge is 2.08. The third-order valence-corrected chi connectivity index (χ3v) is 2.47. The summed E-state index contributed by atoms with van der Waals surface area (Å²) in [6.07, 6.45) is 2.45. The number of nitrogens with zero attached hydrogens (tertiary/aromatic N) is 2. The van der Waals surface area contributed by atoms with Gasteiger partial charge in [-0.2, -0.15) is 0 Å². The standard InChI is InChI=1S/C10H5Cl2N2/c11-8-9(13-6-14-10(8)12)7-4-2-1-3-5-7/h1-5H. The monoisotopic (exact) mass is 223 g/mol. The molecule has 0 saturated carbocycles. The zero-order chi connectivity index (χ0) is 9.97. The van der Waals surface area contributed by atoms with E-state index >= 15 is 0 Å². The van der Waals surface area contributed by atoms with E-state index < -0.39 is 0 Å². The van der Waals surface area contributed by atoms with Gasteiger partial charge in [-0.15, -0.1) is 0 Å². The third-order valence-electron chi connectivity index (χ3n) is 1.75. The molecule has 0 spiro atoms. The summed E-state index contributed by atoms with van der Waals surface area (Å²) in [5.41, 5.74) is 1.50.